The highest BCUT2D eigenvalue weighted by molar-refractivity contribution is 6.46. The van der Waals surface area contributed by atoms with Crippen LogP contribution >= 0.6 is 0 Å². The van der Waals surface area contributed by atoms with Crippen LogP contribution in [0.4, 0.5) is 0 Å². The molecule has 8 aromatic carbocycles. The van der Waals surface area contributed by atoms with Crippen LogP contribution < -0.4 is 0 Å². The number of hydrogen-bond donors (Lipinski definition) is 0. The molecule has 606 valence electrons. The maximum Gasteiger partial charge on any atom is 0.261 e. The first-order valence-electron chi connectivity index (χ1n) is 49.9. The van der Waals surface area contributed by atoms with Crippen molar-refractivity contribution in [2.45, 2.75) is 402 Å². The summed E-state index contributed by atoms with van der Waals surface area (Å²) in [5.41, 5.74) is 8.87. The van der Waals surface area contributed by atoms with E-state index in [9.17, 15) is 0 Å². The lowest BCUT2D eigenvalue weighted by atomic mass is 9.70. The molecule has 6 heteroatoms. The van der Waals surface area contributed by atoms with E-state index in [4.69, 9.17) is 0 Å². The minimum absolute atomic E-state index is 0.00776. The average molecular weight is 1530 g/mol. The van der Waals surface area contributed by atoms with Gasteiger partial charge in [-0.15, -0.1) is 0 Å². The van der Waals surface area contributed by atoms with Gasteiger partial charge in [-0.05, 0) is 277 Å². The number of fused-ring (bicyclic) bond motifs is 4. The molecule has 0 aromatic heterocycles. The number of hydrogen-bond acceptors (Lipinski definition) is 4. The number of rotatable bonds is 11. The summed E-state index contributed by atoms with van der Waals surface area (Å²) in [5, 5.41) is 17.9. The predicted molar refractivity (Wildman–Crippen MR) is 474 cm³/mol. The Morgan fingerprint density at radius 2 is 0.386 bits per heavy atom. The van der Waals surface area contributed by atoms with Crippen LogP contribution in [0.1, 0.15) is 454 Å². The van der Waals surface area contributed by atoms with Gasteiger partial charge in [-0.2, -0.15) is 0 Å². The van der Waals surface area contributed by atoms with Crippen molar-refractivity contribution in [3.8, 4) is 0 Å². The monoisotopic (exact) mass is 1530 g/mol. The molecule has 0 spiro atoms. The minimum Gasteiger partial charge on any atom is -0.271 e. The molecule has 0 unspecified atom stereocenters. The third-order valence-electron chi connectivity index (χ3n) is 36.5. The first kappa shape index (κ1) is 75.8. The molecule has 0 bridgehead atoms. The Hall–Kier alpha value is -5.62. The molecule has 114 heavy (non-hydrogen) atoms. The van der Waals surface area contributed by atoms with Gasteiger partial charge in [0.1, 0.15) is 0 Å². The molecule has 11 aliphatic carbocycles. The maximum absolute atomic E-state index is 16.7. The number of carbonyl (C=O) groups excluding carboxylic acids is 4. The fraction of sp³-hybridized carbons (Fsp3) is 0.685. The summed E-state index contributed by atoms with van der Waals surface area (Å²) in [5.74, 6) is 10.2. The molecule has 0 saturated heterocycles. The molecule has 2 aliphatic heterocycles. The van der Waals surface area contributed by atoms with Gasteiger partial charge in [-0.25, -0.2) is 0 Å². The second kappa shape index (κ2) is 32.5. The van der Waals surface area contributed by atoms with Crippen molar-refractivity contribution in [2.75, 3.05) is 0 Å². The molecular formula is C108H140N2O4. The van der Waals surface area contributed by atoms with E-state index in [0.29, 0.717) is 5.92 Å². The maximum atomic E-state index is 16.7. The highest BCUT2D eigenvalue weighted by atomic mass is 16.2. The number of benzene rings is 8. The highest BCUT2D eigenvalue weighted by Gasteiger charge is 2.46. The van der Waals surface area contributed by atoms with Crippen LogP contribution in [-0.4, -0.2) is 45.5 Å². The van der Waals surface area contributed by atoms with Gasteiger partial charge in [-0.3, -0.25) is 29.0 Å². The van der Waals surface area contributed by atoms with Gasteiger partial charge in [0.05, 0.1) is 0 Å². The molecule has 4 amide bonds. The van der Waals surface area contributed by atoms with Gasteiger partial charge in [0, 0.05) is 45.1 Å². The molecule has 0 radical (unpaired) electrons. The lowest BCUT2D eigenvalue weighted by Crippen LogP contribution is -2.47. The number of amides is 4. The first-order chi connectivity index (χ1) is 56.2. The average Bonchev–Trinajstić information content (AvgIpc) is 0.750. The van der Waals surface area contributed by atoms with E-state index in [-0.39, 0.29) is 59.4 Å². The van der Waals surface area contributed by atoms with Gasteiger partial charge in [-0.1, -0.05) is 314 Å². The second-order valence-electron chi connectivity index (χ2n) is 42.5. The quantitative estimate of drug-likeness (QED) is 0.0735. The SMILES string of the molecule is CC1CCCC(N2C(=O)c3cc(C4CCCC(C5CCCC5)CCC4)c4c5ccc6c7c(C8CCCC(C9CCCC9)CCC8)cc8c9c(cc(C%10CCCC(C%11CCCC%11)CCC%10)c(c%10ccc(c%11c(C%12CCCC(C%13CCCC%13)CCC%12)cc(c3c4%11)C2=O)c5c6%10)c97)C(=O)N(C2CCCC(C3CCCC3)CCC2)C8=O)CCC1. The minimum atomic E-state index is -0.0918. The van der Waals surface area contributed by atoms with Gasteiger partial charge in [0.15, 0.2) is 0 Å². The lowest BCUT2D eigenvalue weighted by Gasteiger charge is -2.38. The smallest absolute Gasteiger partial charge is 0.261 e. The number of carbonyl (C=O) groups is 4. The van der Waals surface area contributed by atoms with Crippen LogP contribution in [0, 0.1) is 65.1 Å². The molecule has 21 rings (SSSR count). The topological polar surface area (TPSA) is 74.8 Å². The van der Waals surface area contributed by atoms with E-state index >= 15 is 19.2 Å². The second-order valence-corrected chi connectivity index (χ2v) is 42.5. The fourth-order valence-electron chi connectivity index (χ4n) is 30.8. The van der Waals surface area contributed by atoms with Crippen molar-refractivity contribution < 1.29 is 19.2 Å². The van der Waals surface area contributed by atoms with Crippen molar-refractivity contribution in [2.24, 2.45) is 65.1 Å². The van der Waals surface area contributed by atoms with E-state index < -0.39 is 0 Å². The summed E-state index contributed by atoms with van der Waals surface area (Å²) < 4.78 is 0. The Bertz CT molecular complexity index is 4520. The van der Waals surface area contributed by atoms with Crippen molar-refractivity contribution >= 4 is 99.0 Å². The summed E-state index contributed by atoms with van der Waals surface area (Å²) in [6.45, 7) is 2.41. The Kier molecular flexibility index (Phi) is 21.6. The zero-order valence-corrected chi connectivity index (χ0v) is 70.6. The Morgan fingerprint density at radius 1 is 0.202 bits per heavy atom. The largest absolute Gasteiger partial charge is 0.271 e. The fourth-order valence-corrected chi connectivity index (χ4v) is 30.8. The van der Waals surface area contributed by atoms with Crippen molar-refractivity contribution in [3.05, 3.63) is 93.0 Å². The summed E-state index contributed by atoms with van der Waals surface area (Å²) >= 11 is 0. The first-order valence-corrected chi connectivity index (χ1v) is 49.9. The molecule has 0 atom stereocenters. The van der Waals surface area contributed by atoms with Crippen LogP contribution in [0.3, 0.4) is 0 Å². The standard InChI is InChI=1S/C108H140N2O4/c1-66-24-12-54-81(55-13-25-66)109-105(111)91-62-87(77-46-14-36-72(37-15-47-77)67-26-2-3-27-67)97-83-58-60-85-96-86(61-59-84(95(83)96)98-88(63-92(106(109)112)101(91)103(97)98)78-48-16-38-73(39-17-49-78)68-28-4-5-29-68)100-90(80-52-20-42-75(43-21-53-80)70-32-8-9-33-70)65-94-102-93(107(113)110(108(94)114)82-56-22-44-76(45-23-57-82)71-34-10-11-35-71)64-89(99(85)104(100)102)79-50-18-40-74(41-19-51-79)69-30-6-7-31-69/h58-82H,2-57H2,1H3. The van der Waals surface area contributed by atoms with Gasteiger partial charge in [0.2, 0.25) is 0 Å². The molecule has 11 saturated carbocycles. The van der Waals surface area contributed by atoms with Gasteiger partial charge < -0.3 is 0 Å². The molecular weight excluding hydrogens is 1390 g/mol. The molecule has 2 heterocycles. The molecule has 6 nitrogen and oxygen atoms in total. The molecule has 8 aromatic rings. The zero-order valence-electron chi connectivity index (χ0n) is 70.6. The van der Waals surface area contributed by atoms with E-state index in [1.165, 1.54) is 331 Å². The predicted octanol–water partition coefficient (Wildman–Crippen LogP) is 30.7. The zero-order chi connectivity index (χ0) is 76.2. The third kappa shape index (κ3) is 13.5. The van der Waals surface area contributed by atoms with Gasteiger partial charge in [0.25, 0.3) is 23.6 Å². The van der Waals surface area contributed by atoms with E-state index in [0.717, 1.165) is 208 Å². The van der Waals surface area contributed by atoms with Crippen molar-refractivity contribution in [1.82, 2.24) is 9.80 Å². The summed E-state index contributed by atoms with van der Waals surface area (Å²) in [7, 11) is 0. The summed E-state index contributed by atoms with van der Waals surface area (Å²) in [4.78, 5) is 70.3. The van der Waals surface area contributed by atoms with Crippen LogP contribution in [-0.2, 0) is 0 Å². The van der Waals surface area contributed by atoms with E-state index in [1.54, 1.807) is 0 Å². The highest BCUT2D eigenvalue weighted by Crippen LogP contribution is 2.59. The van der Waals surface area contributed by atoms with Gasteiger partial charge >= 0.3 is 0 Å². The normalized spacial score (nSPS) is 31.6. The molecule has 0 N–H and O–H groups in total. The number of imide groups is 2. The van der Waals surface area contributed by atoms with Crippen LogP contribution in [0.15, 0.2) is 48.5 Å². The number of nitrogens with zero attached hydrogens (tertiary/aromatic N) is 2. The Morgan fingerprint density at radius 3 is 0.596 bits per heavy atom. The van der Waals surface area contributed by atoms with Crippen LogP contribution in [0.5, 0.6) is 0 Å². The van der Waals surface area contributed by atoms with Crippen molar-refractivity contribution in [1.29, 1.82) is 0 Å². The third-order valence-corrected chi connectivity index (χ3v) is 36.5. The molecule has 13 aliphatic rings. The van der Waals surface area contributed by atoms with Crippen LogP contribution in [0.2, 0.25) is 0 Å². The Labute approximate surface area is 684 Å². The Balaban J connectivity index is 0.819. The van der Waals surface area contributed by atoms with E-state index in [2.05, 4.69) is 55.5 Å². The summed E-state index contributed by atoms with van der Waals surface area (Å²) in [6.07, 6.45) is 70.1. The van der Waals surface area contributed by atoms with Crippen molar-refractivity contribution in [3.63, 3.8) is 0 Å². The van der Waals surface area contributed by atoms with E-state index in [1.807, 2.05) is 9.80 Å². The molecule has 11 fully saturated rings. The summed E-state index contributed by atoms with van der Waals surface area (Å²) in [6, 6.07) is 20.2. The van der Waals surface area contributed by atoms with Crippen LogP contribution in [0.25, 0.3) is 75.4 Å². The lowest BCUT2D eigenvalue weighted by molar-refractivity contribution is 0.0491.